The zero-order valence-electron chi connectivity index (χ0n) is 18.8. The van der Waals surface area contributed by atoms with Crippen molar-refractivity contribution in [2.75, 3.05) is 7.11 Å². The number of aromatic hydroxyl groups is 4. The summed E-state index contributed by atoms with van der Waals surface area (Å²) < 4.78 is 5.22. The van der Waals surface area contributed by atoms with Gasteiger partial charge in [0.15, 0.2) is 5.78 Å². The number of carbonyl (C=O) groups is 1. The molecule has 0 aliphatic heterocycles. The number of phenolic OH excluding ortho intramolecular Hbond substituents is 4. The van der Waals surface area contributed by atoms with Crippen molar-refractivity contribution < 1.29 is 30.0 Å². The maximum absolute atomic E-state index is 12.9. The van der Waals surface area contributed by atoms with Crippen molar-refractivity contribution in [2.24, 2.45) is 5.92 Å². The maximum atomic E-state index is 12.9. The zero-order valence-corrected chi connectivity index (χ0v) is 18.8. The van der Waals surface area contributed by atoms with E-state index in [1.807, 2.05) is 20.8 Å². The van der Waals surface area contributed by atoms with Crippen LogP contribution >= 0.6 is 0 Å². The molecule has 0 amide bonds. The monoisotopic (exact) mass is 438 g/mol. The minimum absolute atomic E-state index is 0.0319. The van der Waals surface area contributed by atoms with Crippen molar-refractivity contribution in [3.05, 3.63) is 70.8 Å². The molecular formula is C26H30O6. The van der Waals surface area contributed by atoms with E-state index in [1.54, 1.807) is 0 Å². The van der Waals surface area contributed by atoms with Gasteiger partial charge in [-0.15, -0.1) is 0 Å². The van der Waals surface area contributed by atoms with E-state index in [9.17, 15) is 25.2 Å². The van der Waals surface area contributed by atoms with Gasteiger partial charge in [-0.05, 0) is 63.8 Å². The molecule has 0 radical (unpaired) electrons. The molecule has 0 saturated heterocycles. The zero-order chi connectivity index (χ0) is 24.0. The molecule has 170 valence electrons. The van der Waals surface area contributed by atoms with Crippen LogP contribution in [0.25, 0.3) is 6.08 Å². The van der Waals surface area contributed by atoms with Gasteiger partial charge in [-0.2, -0.15) is 0 Å². The van der Waals surface area contributed by atoms with Crippen molar-refractivity contribution in [1.29, 1.82) is 0 Å². The van der Waals surface area contributed by atoms with Crippen molar-refractivity contribution in [1.82, 2.24) is 0 Å². The molecule has 0 aliphatic rings. The van der Waals surface area contributed by atoms with Gasteiger partial charge < -0.3 is 25.2 Å². The third-order valence-electron chi connectivity index (χ3n) is 5.20. The van der Waals surface area contributed by atoms with Crippen LogP contribution in [0, 0.1) is 5.92 Å². The van der Waals surface area contributed by atoms with Crippen molar-refractivity contribution in [3.63, 3.8) is 0 Å². The van der Waals surface area contributed by atoms with Crippen molar-refractivity contribution in [3.8, 4) is 28.7 Å². The molecule has 2 aromatic rings. The summed E-state index contributed by atoms with van der Waals surface area (Å²) in [7, 11) is 1.34. The Morgan fingerprint density at radius 3 is 2.34 bits per heavy atom. The number of hydrogen-bond donors (Lipinski definition) is 4. The van der Waals surface area contributed by atoms with Crippen LogP contribution < -0.4 is 4.74 Å². The van der Waals surface area contributed by atoms with Gasteiger partial charge in [-0.3, -0.25) is 4.79 Å². The number of allylic oxidation sites excluding steroid dienone is 4. The van der Waals surface area contributed by atoms with E-state index in [2.05, 4.69) is 12.7 Å². The lowest BCUT2D eigenvalue weighted by Crippen LogP contribution is -2.08. The first-order valence-electron chi connectivity index (χ1n) is 10.2. The molecule has 0 fully saturated rings. The van der Waals surface area contributed by atoms with Crippen LogP contribution in [0.1, 0.15) is 48.7 Å². The predicted octanol–water partition coefficient (Wildman–Crippen LogP) is 5.50. The molecule has 4 N–H and O–H groups in total. The fourth-order valence-electron chi connectivity index (χ4n) is 3.28. The van der Waals surface area contributed by atoms with Crippen LogP contribution in [0.5, 0.6) is 28.7 Å². The number of ether oxygens (including phenoxy) is 1. The minimum atomic E-state index is -0.566. The molecule has 0 aromatic heterocycles. The number of carbonyl (C=O) groups excluding carboxylic acids is 1. The molecule has 0 saturated carbocycles. The van der Waals surface area contributed by atoms with Crippen LogP contribution in [0.3, 0.4) is 0 Å². The molecule has 32 heavy (non-hydrogen) atoms. The molecule has 6 nitrogen and oxygen atoms in total. The smallest absolute Gasteiger partial charge is 0.193 e. The number of hydrogen-bond acceptors (Lipinski definition) is 6. The van der Waals surface area contributed by atoms with E-state index in [0.29, 0.717) is 18.4 Å². The highest BCUT2D eigenvalue weighted by molar-refractivity contribution is 6.11. The normalized spacial score (nSPS) is 11.9. The summed E-state index contributed by atoms with van der Waals surface area (Å²) in [5.41, 5.74) is 2.52. The Morgan fingerprint density at radius 2 is 1.78 bits per heavy atom. The molecule has 2 rings (SSSR count). The lowest BCUT2D eigenvalue weighted by molar-refractivity contribution is 0.104. The average Bonchev–Trinajstić information content (AvgIpc) is 2.71. The van der Waals surface area contributed by atoms with Gasteiger partial charge in [0, 0.05) is 23.3 Å². The van der Waals surface area contributed by atoms with Gasteiger partial charge in [0.2, 0.25) is 0 Å². The van der Waals surface area contributed by atoms with Crippen LogP contribution in [-0.2, 0) is 6.42 Å². The Morgan fingerprint density at radius 1 is 1.09 bits per heavy atom. The molecule has 1 unspecified atom stereocenters. The summed E-state index contributed by atoms with van der Waals surface area (Å²) >= 11 is 0. The van der Waals surface area contributed by atoms with E-state index in [-0.39, 0.29) is 45.8 Å². The summed E-state index contributed by atoms with van der Waals surface area (Å²) in [4.78, 5) is 12.9. The Labute approximate surface area is 188 Å². The first-order chi connectivity index (χ1) is 15.0. The Balaban J connectivity index is 2.46. The van der Waals surface area contributed by atoms with Gasteiger partial charge in [0.25, 0.3) is 0 Å². The number of phenols is 4. The molecule has 1 atom stereocenters. The SMILES string of the molecule is C=C(C)C(CC=C(C)C)Cc1c(O)cc(OC)c(C(=O)/C=C/c2ccc(O)cc2O)c1O. The lowest BCUT2D eigenvalue weighted by atomic mass is 9.88. The molecule has 0 aliphatic carbocycles. The highest BCUT2D eigenvalue weighted by atomic mass is 16.5. The van der Waals surface area contributed by atoms with Gasteiger partial charge >= 0.3 is 0 Å². The summed E-state index contributed by atoms with van der Waals surface area (Å²) in [5.74, 6) is -1.39. The van der Waals surface area contributed by atoms with Crippen LogP contribution in [0.15, 0.2) is 54.1 Å². The first-order valence-corrected chi connectivity index (χ1v) is 10.2. The number of ketones is 1. The maximum Gasteiger partial charge on any atom is 0.193 e. The summed E-state index contributed by atoms with van der Waals surface area (Å²) in [5, 5.41) is 40.8. The third-order valence-corrected chi connectivity index (χ3v) is 5.20. The number of benzene rings is 2. The number of methoxy groups -OCH3 is 1. The standard InChI is InChI=1S/C26H30O6/c1-15(2)6-7-18(16(3)4)12-20-23(30)14-24(32-5)25(26(20)31)21(28)11-9-17-8-10-19(27)13-22(17)29/h6,8-11,13-14,18,27,29-31H,3,7,12H2,1-2,4-5H3/b11-9+. The van der Waals surface area contributed by atoms with Gasteiger partial charge in [0.05, 0.1) is 7.11 Å². The summed E-state index contributed by atoms with van der Waals surface area (Å²) in [6.07, 6.45) is 5.60. The van der Waals surface area contributed by atoms with E-state index < -0.39 is 5.78 Å². The minimum Gasteiger partial charge on any atom is -0.508 e. The number of rotatable bonds is 9. The van der Waals surface area contributed by atoms with Crippen molar-refractivity contribution in [2.45, 2.75) is 33.6 Å². The Kier molecular flexibility index (Phi) is 8.13. The summed E-state index contributed by atoms with van der Waals surface area (Å²) in [6.45, 7) is 9.90. The fourth-order valence-corrected chi connectivity index (χ4v) is 3.28. The van der Waals surface area contributed by atoms with E-state index in [0.717, 1.165) is 17.2 Å². The van der Waals surface area contributed by atoms with E-state index in [1.165, 1.54) is 37.5 Å². The molecule has 0 spiro atoms. The quantitative estimate of drug-likeness (QED) is 0.234. The molecule has 0 bridgehead atoms. The van der Waals surface area contributed by atoms with Crippen molar-refractivity contribution >= 4 is 11.9 Å². The Bertz CT molecular complexity index is 1070. The topological polar surface area (TPSA) is 107 Å². The van der Waals surface area contributed by atoms with Gasteiger partial charge in [0.1, 0.15) is 34.3 Å². The highest BCUT2D eigenvalue weighted by Crippen LogP contribution is 2.41. The van der Waals surface area contributed by atoms with Crippen LogP contribution in [0.2, 0.25) is 0 Å². The second-order valence-electron chi connectivity index (χ2n) is 8.01. The second kappa shape index (κ2) is 10.6. The largest absolute Gasteiger partial charge is 0.508 e. The van der Waals surface area contributed by atoms with Crippen LogP contribution in [0.4, 0.5) is 0 Å². The molecule has 0 heterocycles. The third kappa shape index (κ3) is 5.94. The fraction of sp³-hybridized carbons (Fsp3) is 0.269. The second-order valence-corrected chi connectivity index (χ2v) is 8.01. The lowest BCUT2D eigenvalue weighted by Gasteiger charge is -2.19. The molecule has 6 heteroatoms. The van der Waals surface area contributed by atoms with Gasteiger partial charge in [-0.1, -0.05) is 23.8 Å². The summed E-state index contributed by atoms with van der Waals surface area (Å²) in [6, 6.07) is 5.30. The predicted molar refractivity (Wildman–Crippen MR) is 126 cm³/mol. The first kappa shape index (κ1) is 24.6. The molecular weight excluding hydrogens is 408 g/mol. The van der Waals surface area contributed by atoms with E-state index >= 15 is 0 Å². The van der Waals surface area contributed by atoms with E-state index in [4.69, 9.17) is 4.74 Å². The average molecular weight is 439 g/mol. The molecule has 2 aromatic carbocycles. The van der Waals surface area contributed by atoms with Crippen LogP contribution in [-0.4, -0.2) is 33.3 Å². The highest BCUT2D eigenvalue weighted by Gasteiger charge is 2.24. The van der Waals surface area contributed by atoms with Gasteiger partial charge in [-0.25, -0.2) is 0 Å². The Hall–Kier alpha value is -3.67.